The average Bonchev–Trinajstić information content (AvgIpc) is 2.50. The van der Waals surface area contributed by atoms with Gasteiger partial charge in [-0.25, -0.2) is 4.39 Å². The van der Waals surface area contributed by atoms with Gasteiger partial charge in [-0.2, -0.15) is 5.10 Å². The fourth-order valence-electron chi connectivity index (χ4n) is 1.34. The monoisotopic (exact) mass is 242 g/mol. The SMILES string of the molecule is Cn1ncc2c(F)c(CBr)ccc21. The molecule has 1 aromatic heterocycles. The summed E-state index contributed by atoms with van der Waals surface area (Å²) in [5.41, 5.74) is 1.49. The van der Waals surface area contributed by atoms with Crippen LogP contribution < -0.4 is 0 Å². The summed E-state index contributed by atoms with van der Waals surface area (Å²) in [6, 6.07) is 3.65. The maximum atomic E-state index is 13.6. The molecule has 2 nitrogen and oxygen atoms in total. The number of benzene rings is 1. The number of hydrogen-bond acceptors (Lipinski definition) is 1. The van der Waals surface area contributed by atoms with Gasteiger partial charge >= 0.3 is 0 Å². The Balaban J connectivity index is 2.80. The topological polar surface area (TPSA) is 17.8 Å². The molecule has 1 heterocycles. The van der Waals surface area contributed by atoms with Gasteiger partial charge < -0.3 is 0 Å². The lowest BCUT2D eigenvalue weighted by atomic mass is 10.2. The largest absolute Gasteiger partial charge is 0.268 e. The van der Waals surface area contributed by atoms with Crippen LogP contribution in [-0.2, 0) is 12.4 Å². The third-order valence-corrected chi connectivity index (χ3v) is 2.69. The number of nitrogens with zero attached hydrogens (tertiary/aromatic N) is 2. The Bertz CT molecular complexity index is 450. The second kappa shape index (κ2) is 3.10. The number of rotatable bonds is 1. The summed E-state index contributed by atoms with van der Waals surface area (Å²) >= 11 is 3.23. The van der Waals surface area contributed by atoms with Crippen LogP contribution in [0, 0.1) is 5.82 Å². The zero-order valence-corrected chi connectivity index (χ0v) is 8.68. The molecule has 0 bridgehead atoms. The molecule has 0 radical (unpaired) electrons. The lowest BCUT2D eigenvalue weighted by molar-refractivity contribution is 0.630. The van der Waals surface area contributed by atoms with Crippen LogP contribution in [0.3, 0.4) is 0 Å². The smallest absolute Gasteiger partial charge is 0.138 e. The second-order valence-corrected chi connectivity index (χ2v) is 3.43. The summed E-state index contributed by atoms with van der Waals surface area (Å²) < 4.78 is 15.3. The summed E-state index contributed by atoms with van der Waals surface area (Å²) in [4.78, 5) is 0. The summed E-state index contributed by atoms with van der Waals surface area (Å²) in [6.45, 7) is 0. The molecule has 0 aliphatic heterocycles. The van der Waals surface area contributed by atoms with E-state index < -0.39 is 0 Å². The molecule has 13 heavy (non-hydrogen) atoms. The van der Waals surface area contributed by atoms with E-state index in [4.69, 9.17) is 0 Å². The van der Waals surface area contributed by atoms with Crippen LogP contribution in [0.5, 0.6) is 0 Å². The van der Waals surface area contributed by atoms with Gasteiger partial charge in [0.2, 0.25) is 0 Å². The van der Waals surface area contributed by atoms with Crippen LogP contribution in [0.15, 0.2) is 18.3 Å². The zero-order chi connectivity index (χ0) is 9.42. The van der Waals surface area contributed by atoms with Gasteiger partial charge in [0.15, 0.2) is 0 Å². The number of hydrogen-bond donors (Lipinski definition) is 0. The molecule has 0 amide bonds. The summed E-state index contributed by atoms with van der Waals surface area (Å²) in [5.74, 6) is -0.178. The van der Waals surface area contributed by atoms with Crippen molar-refractivity contribution in [3.05, 3.63) is 29.7 Å². The molecule has 2 aromatic rings. The van der Waals surface area contributed by atoms with Gasteiger partial charge in [0.05, 0.1) is 17.1 Å². The molecule has 0 N–H and O–H groups in total. The van der Waals surface area contributed by atoms with Crippen molar-refractivity contribution in [2.45, 2.75) is 5.33 Å². The predicted molar refractivity (Wildman–Crippen MR) is 53.3 cm³/mol. The van der Waals surface area contributed by atoms with Crippen LogP contribution in [0.25, 0.3) is 10.9 Å². The minimum atomic E-state index is -0.178. The van der Waals surface area contributed by atoms with E-state index in [1.807, 2.05) is 6.07 Å². The third-order valence-electron chi connectivity index (χ3n) is 2.09. The Labute approximate surface area is 83.5 Å². The first-order chi connectivity index (χ1) is 6.24. The lowest BCUT2D eigenvalue weighted by Crippen LogP contribution is -1.90. The number of halogens is 2. The summed E-state index contributed by atoms with van der Waals surface area (Å²) in [7, 11) is 1.80. The lowest BCUT2D eigenvalue weighted by Gasteiger charge is -1.99. The Morgan fingerprint density at radius 2 is 2.31 bits per heavy atom. The van der Waals surface area contributed by atoms with Crippen molar-refractivity contribution in [2.24, 2.45) is 7.05 Å². The molecule has 4 heteroatoms. The minimum Gasteiger partial charge on any atom is -0.268 e. The molecule has 2 rings (SSSR count). The first-order valence-corrected chi connectivity index (χ1v) is 5.01. The molecule has 0 aliphatic rings. The van der Waals surface area contributed by atoms with Crippen LogP contribution in [0.4, 0.5) is 4.39 Å². The standard InChI is InChI=1S/C9H8BrFN2/c1-13-8-3-2-6(4-10)9(11)7(8)5-12-13/h2-3,5H,4H2,1H3. The number of aryl methyl sites for hydroxylation is 1. The van der Waals surface area contributed by atoms with Gasteiger partial charge in [0, 0.05) is 12.4 Å². The van der Waals surface area contributed by atoms with Crippen LogP contribution >= 0.6 is 15.9 Å². The molecule has 68 valence electrons. The van der Waals surface area contributed by atoms with Crippen LogP contribution in [0.1, 0.15) is 5.56 Å². The van der Waals surface area contributed by atoms with Gasteiger partial charge in [0.25, 0.3) is 0 Å². The van der Waals surface area contributed by atoms with Gasteiger partial charge in [-0.1, -0.05) is 22.0 Å². The summed E-state index contributed by atoms with van der Waals surface area (Å²) in [5, 5.41) is 5.11. The normalized spacial score (nSPS) is 11.0. The molecule has 0 fully saturated rings. The van der Waals surface area contributed by atoms with Gasteiger partial charge in [-0.3, -0.25) is 4.68 Å². The summed E-state index contributed by atoms with van der Waals surface area (Å²) in [6.07, 6.45) is 1.55. The van der Waals surface area contributed by atoms with Crippen LogP contribution in [-0.4, -0.2) is 9.78 Å². The second-order valence-electron chi connectivity index (χ2n) is 2.87. The third kappa shape index (κ3) is 1.25. The quantitative estimate of drug-likeness (QED) is 0.704. The van der Waals surface area contributed by atoms with E-state index in [0.717, 1.165) is 5.52 Å². The molecule has 1 aromatic carbocycles. The molecule has 0 unspecified atom stereocenters. The molecule has 0 saturated carbocycles. The maximum Gasteiger partial charge on any atom is 0.138 e. The zero-order valence-electron chi connectivity index (χ0n) is 7.09. The minimum absolute atomic E-state index is 0.178. The van der Waals surface area contributed by atoms with E-state index in [9.17, 15) is 4.39 Å². The van der Waals surface area contributed by atoms with E-state index in [0.29, 0.717) is 16.3 Å². The number of alkyl halides is 1. The van der Waals surface area contributed by atoms with E-state index >= 15 is 0 Å². The van der Waals surface area contributed by atoms with E-state index in [2.05, 4.69) is 21.0 Å². The van der Waals surface area contributed by atoms with E-state index in [1.165, 1.54) is 0 Å². The van der Waals surface area contributed by atoms with Crippen molar-refractivity contribution in [1.29, 1.82) is 0 Å². The highest BCUT2D eigenvalue weighted by molar-refractivity contribution is 9.08. The molecular weight excluding hydrogens is 235 g/mol. The molecule has 0 atom stereocenters. The average molecular weight is 243 g/mol. The van der Waals surface area contributed by atoms with Crippen molar-refractivity contribution >= 4 is 26.8 Å². The Morgan fingerprint density at radius 1 is 1.54 bits per heavy atom. The first-order valence-electron chi connectivity index (χ1n) is 3.89. The highest BCUT2D eigenvalue weighted by atomic mass is 79.9. The van der Waals surface area contributed by atoms with Gasteiger partial charge in [-0.05, 0) is 11.6 Å². The fraction of sp³-hybridized carbons (Fsp3) is 0.222. The van der Waals surface area contributed by atoms with Crippen molar-refractivity contribution in [2.75, 3.05) is 0 Å². The van der Waals surface area contributed by atoms with Crippen molar-refractivity contribution in [3.63, 3.8) is 0 Å². The van der Waals surface area contributed by atoms with Gasteiger partial charge in [-0.15, -0.1) is 0 Å². The number of fused-ring (bicyclic) bond motifs is 1. The molecule has 0 aliphatic carbocycles. The molecule has 0 spiro atoms. The Hall–Kier alpha value is -0.900. The van der Waals surface area contributed by atoms with Gasteiger partial charge in [0.1, 0.15) is 5.82 Å². The molecular formula is C9H8BrFN2. The van der Waals surface area contributed by atoms with Crippen molar-refractivity contribution < 1.29 is 4.39 Å². The fourth-order valence-corrected chi connectivity index (χ4v) is 1.78. The Morgan fingerprint density at radius 3 is 3.00 bits per heavy atom. The predicted octanol–water partition coefficient (Wildman–Crippen LogP) is 2.61. The highest BCUT2D eigenvalue weighted by Gasteiger charge is 2.08. The first kappa shape index (κ1) is 8.69. The van der Waals surface area contributed by atoms with Crippen molar-refractivity contribution in [3.8, 4) is 0 Å². The van der Waals surface area contributed by atoms with Crippen molar-refractivity contribution in [1.82, 2.24) is 9.78 Å². The highest BCUT2D eigenvalue weighted by Crippen LogP contribution is 2.21. The number of aromatic nitrogens is 2. The van der Waals surface area contributed by atoms with E-state index in [1.54, 1.807) is 24.0 Å². The van der Waals surface area contributed by atoms with Crippen LogP contribution in [0.2, 0.25) is 0 Å². The van der Waals surface area contributed by atoms with E-state index in [-0.39, 0.29) is 5.82 Å². The molecule has 0 saturated heterocycles. The maximum absolute atomic E-state index is 13.6. The Kier molecular flexibility index (Phi) is 2.07.